The number of carbonyl (C=O) groups excluding carboxylic acids is 1. The summed E-state index contributed by atoms with van der Waals surface area (Å²) in [7, 11) is 0. The molecule has 1 amide bonds. The number of alkyl carbamates (subject to hydrolysis) is 1. The Labute approximate surface area is 119 Å². The first kappa shape index (κ1) is 15.7. The van der Waals surface area contributed by atoms with Crippen LogP contribution in [0.4, 0.5) is 10.5 Å². The van der Waals surface area contributed by atoms with E-state index in [0.29, 0.717) is 18.7 Å². The van der Waals surface area contributed by atoms with E-state index in [9.17, 15) is 9.90 Å². The summed E-state index contributed by atoms with van der Waals surface area (Å²) >= 11 is 0. The molecule has 20 heavy (non-hydrogen) atoms. The van der Waals surface area contributed by atoms with Crippen molar-refractivity contribution >= 4 is 11.8 Å². The van der Waals surface area contributed by atoms with Gasteiger partial charge in [0.1, 0.15) is 11.4 Å². The molecule has 1 aromatic carbocycles. The number of carbonyl (C=O) groups is 1. The maximum atomic E-state index is 11.3. The number of hydrogen-bond acceptors (Lipinski definition) is 4. The van der Waals surface area contributed by atoms with Crippen molar-refractivity contribution in [2.24, 2.45) is 0 Å². The molecule has 0 aliphatic heterocycles. The van der Waals surface area contributed by atoms with Crippen LogP contribution in [0.25, 0.3) is 0 Å². The van der Waals surface area contributed by atoms with Crippen LogP contribution in [0.5, 0.6) is 5.75 Å². The van der Waals surface area contributed by atoms with Gasteiger partial charge in [-0.2, -0.15) is 0 Å². The molecule has 5 heteroatoms. The van der Waals surface area contributed by atoms with E-state index < -0.39 is 11.7 Å². The first-order chi connectivity index (χ1) is 9.28. The predicted octanol–water partition coefficient (Wildman–Crippen LogP) is 2.24. The monoisotopic (exact) mass is 276 g/mol. The highest BCUT2D eigenvalue weighted by molar-refractivity contribution is 5.67. The minimum atomic E-state index is -0.501. The van der Waals surface area contributed by atoms with Crippen molar-refractivity contribution in [1.82, 2.24) is 5.32 Å². The van der Waals surface area contributed by atoms with Crippen molar-refractivity contribution in [3.8, 4) is 17.6 Å². The standard InChI is InChI=1S/C15H20N2O3/c1-15(2,3)20-14(19)17-9-5-4-6-11-7-8-13(18)12(16)10-11/h7-8,10,18H,5,9,16H2,1-3H3,(H,17,19). The summed E-state index contributed by atoms with van der Waals surface area (Å²) in [5, 5.41) is 11.9. The lowest BCUT2D eigenvalue weighted by atomic mass is 10.2. The van der Waals surface area contributed by atoms with Crippen LogP contribution >= 0.6 is 0 Å². The molecule has 5 nitrogen and oxygen atoms in total. The number of hydrogen-bond donors (Lipinski definition) is 3. The topological polar surface area (TPSA) is 84.6 Å². The van der Waals surface area contributed by atoms with Gasteiger partial charge < -0.3 is 20.9 Å². The summed E-state index contributed by atoms with van der Waals surface area (Å²) in [6.07, 6.45) is 0.0493. The molecule has 1 rings (SSSR count). The quantitative estimate of drug-likeness (QED) is 0.335. The first-order valence-corrected chi connectivity index (χ1v) is 6.32. The van der Waals surface area contributed by atoms with E-state index in [4.69, 9.17) is 10.5 Å². The molecule has 0 aliphatic carbocycles. The molecule has 0 unspecified atom stereocenters. The minimum absolute atomic E-state index is 0.0437. The molecular weight excluding hydrogens is 256 g/mol. The van der Waals surface area contributed by atoms with Crippen LogP contribution in [-0.2, 0) is 4.74 Å². The number of anilines is 1. The van der Waals surface area contributed by atoms with E-state index in [-0.39, 0.29) is 5.75 Å². The third kappa shape index (κ3) is 6.01. The van der Waals surface area contributed by atoms with Crippen LogP contribution in [0, 0.1) is 11.8 Å². The van der Waals surface area contributed by atoms with Crippen LogP contribution in [0.15, 0.2) is 18.2 Å². The maximum Gasteiger partial charge on any atom is 0.407 e. The van der Waals surface area contributed by atoms with Gasteiger partial charge in [-0.05, 0) is 39.0 Å². The Morgan fingerprint density at radius 1 is 1.45 bits per heavy atom. The summed E-state index contributed by atoms with van der Waals surface area (Å²) in [4.78, 5) is 11.3. The summed E-state index contributed by atoms with van der Waals surface area (Å²) in [6, 6.07) is 4.78. The summed E-state index contributed by atoms with van der Waals surface area (Å²) in [5.41, 5.74) is 6.07. The Balaban J connectivity index is 2.36. The van der Waals surface area contributed by atoms with Gasteiger partial charge in [0.2, 0.25) is 0 Å². The fourth-order valence-electron chi connectivity index (χ4n) is 1.34. The highest BCUT2D eigenvalue weighted by atomic mass is 16.6. The molecule has 108 valence electrons. The number of nitrogen functional groups attached to an aromatic ring is 1. The second-order valence-electron chi connectivity index (χ2n) is 5.25. The second-order valence-corrected chi connectivity index (χ2v) is 5.25. The number of amides is 1. The number of phenols is 1. The molecule has 0 aliphatic rings. The van der Waals surface area contributed by atoms with Crippen molar-refractivity contribution in [1.29, 1.82) is 0 Å². The van der Waals surface area contributed by atoms with Crippen LogP contribution in [0.2, 0.25) is 0 Å². The van der Waals surface area contributed by atoms with Crippen LogP contribution in [-0.4, -0.2) is 23.3 Å². The molecule has 1 aromatic rings. The average Bonchev–Trinajstić information content (AvgIpc) is 2.31. The second kappa shape index (κ2) is 6.71. The Hall–Kier alpha value is -2.35. The molecule has 0 fully saturated rings. The Morgan fingerprint density at radius 2 is 2.15 bits per heavy atom. The summed E-state index contributed by atoms with van der Waals surface area (Å²) in [6.45, 7) is 5.83. The van der Waals surface area contributed by atoms with Crippen LogP contribution in [0.3, 0.4) is 0 Å². The molecule has 0 bridgehead atoms. The van der Waals surface area contributed by atoms with Gasteiger partial charge in [0.25, 0.3) is 0 Å². The lowest BCUT2D eigenvalue weighted by Crippen LogP contribution is -2.32. The SMILES string of the molecule is CC(C)(C)OC(=O)NCCC#Cc1ccc(O)c(N)c1. The lowest BCUT2D eigenvalue weighted by molar-refractivity contribution is 0.0529. The van der Waals surface area contributed by atoms with Gasteiger partial charge in [0.15, 0.2) is 0 Å². The Bertz CT molecular complexity index is 536. The minimum Gasteiger partial charge on any atom is -0.506 e. The third-order valence-electron chi connectivity index (χ3n) is 2.18. The molecule has 0 atom stereocenters. The van der Waals surface area contributed by atoms with Crippen LogP contribution in [0.1, 0.15) is 32.8 Å². The zero-order chi connectivity index (χ0) is 15.2. The number of phenolic OH excluding ortho intramolecular Hbond substituents is 1. The number of benzene rings is 1. The van der Waals surface area contributed by atoms with E-state index in [1.54, 1.807) is 12.1 Å². The number of nitrogens with two attached hydrogens (primary N) is 1. The van der Waals surface area contributed by atoms with Crippen LogP contribution < -0.4 is 11.1 Å². The van der Waals surface area contributed by atoms with Gasteiger partial charge in [0.05, 0.1) is 5.69 Å². The van der Waals surface area contributed by atoms with Gasteiger partial charge in [-0.1, -0.05) is 11.8 Å². The summed E-state index contributed by atoms with van der Waals surface area (Å²) in [5.74, 6) is 5.85. The Kier molecular flexibility index (Phi) is 5.27. The lowest BCUT2D eigenvalue weighted by Gasteiger charge is -2.19. The van der Waals surface area contributed by atoms with Gasteiger partial charge in [0, 0.05) is 18.5 Å². The van der Waals surface area contributed by atoms with Crippen molar-refractivity contribution < 1.29 is 14.6 Å². The zero-order valence-corrected chi connectivity index (χ0v) is 12.0. The van der Waals surface area contributed by atoms with Gasteiger partial charge in [-0.15, -0.1) is 0 Å². The van der Waals surface area contributed by atoms with Crippen molar-refractivity contribution in [2.75, 3.05) is 12.3 Å². The smallest absolute Gasteiger partial charge is 0.407 e. The highest BCUT2D eigenvalue weighted by Gasteiger charge is 2.15. The highest BCUT2D eigenvalue weighted by Crippen LogP contribution is 2.19. The molecule has 0 radical (unpaired) electrons. The maximum absolute atomic E-state index is 11.3. The largest absolute Gasteiger partial charge is 0.506 e. The summed E-state index contributed by atoms with van der Waals surface area (Å²) < 4.78 is 5.09. The molecule has 0 spiro atoms. The van der Waals surface area contributed by atoms with E-state index in [0.717, 1.165) is 5.56 Å². The molecule has 0 aromatic heterocycles. The molecule has 0 saturated heterocycles. The average molecular weight is 276 g/mol. The van der Waals surface area contributed by atoms with Gasteiger partial charge in [-0.25, -0.2) is 4.79 Å². The van der Waals surface area contributed by atoms with Crippen molar-refractivity contribution in [3.63, 3.8) is 0 Å². The predicted molar refractivity (Wildman–Crippen MR) is 78.3 cm³/mol. The van der Waals surface area contributed by atoms with E-state index in [2.05, 4.69) is 17.2 Å². The van der Waals surface area contributed by atoms with Crippen molar-refractivity contribution in [3.05, 3.63) is 23.8 Å². The fraction of sp³-hybridized carbons (Fsp3) is 0.400. The van der Waals surface area contributed by atoms with Crippen molar-refractivity contribution in [2.45, 2.75) is 32.8 Å². The number of ether oxygens (including phenoxy) is 1. The van der Waals surface area contributed by atoms with Gasteiger partial charge in [-0.3, -0.25) is 0 Å². The normalized spacial score (nSPS) is 10.3. The van der Waals surface area contributed by atoms with Gasteiger partial charge >= 0.3 is 6.09 Å². The third-order valence-corrected chi connectivity index (χ3v) is 2.18. The molecule has 0 heterocycles. The fourth-order valence-corrected chi connectivity index (χ4v) is 1.34. The Morgan fingerprint density at radius 3 is 2.75 bits per heavy atom. The first-order valence-electron chi connectivity index (χ1n) is 6.32. The molecule has 4 N–H and O–H groups in total. The number of nitrogens with one attached hydrogen (secondary N) is 1. The van der Waals surface area contributed by atoms with E-state index in [1.807, 2.05) is 20.8 Å². The van der Waals surface area contributed by atoms with E-state index >= 15 is 0 Å². The number of aromatic hydroxyl groups is 1. The molecular formula is C15H20N2O3. The molecule has 0 saturated carbocycles. The van der Waals surface area contributed by atoms with E-state index in [1.165, 1.54) is 6.07 Å². The zero-order valence-electron chi connectivity index (χ0n) is 12.0. The number of rotatable bonds is 2.